The van der Waals surface area contributed by atoms with Gasteiger partial charge in [-0.2, -0.15) is 0 Å². The first kappa shape index (κ1) is 19.8. The predicted octanol–water partition coefficient (Wildman–Crippen LogP) is 3.44. The molecular weight excluding hydrogens is 370 g/mol. The number of nitrogens with one attached hydrogen (secondary N) is 2. The maximum Gasteiger partial charge on any atom is 0.338 e. The zero-order valence-corrected chi connectivity index (χ0v) is 15.7. The van der Waals surface area contributed by atoms with Gasteiger partial charge in [-0.25, -0.2) is 4.79 Å². The van der Waals surface area contributed by atoms with E-state index in [1.54, 1.807) is 30.3 Å². The highest BCUT2D eigenvalue weighted by molar-refractivity contribution is 6.10. The summed E-state index contributed by atoms with van der Waals surface area (Å²) in [5, 5.41) is 5.41. The van der Waals surface area contributed by atoms with Crippen LogP contribution in [0.3, 0.4) is 0 Å². The molecule has 0 aliphatic rings. The third-order valence-corrected chi connectivity index (χ3v) is 3.97. The Morgan fingerprint density at radius 3 is 2.45 bits per heavy atom. The number of benzene rings is 2. The zero-order chi connectivity index (χ0) is 20.6. The maximum atomic E-state index is 12.6. The van der Waals surface area contributed by atoms with Gasteiger partial charge in [0, 0.05) is 18.1 Å². The lowest BCUT2D eigenvalue weighted by molar-refractivity contribution is -0.119. The fourth-order valence-corrected chi connectivity index (χ4v) is 2.60. The van der Waals surface area contributed by atoms with Crippen LogP contribution >= 0.6 is 0 Å². The van der Waals surface area contributed by atoms with Crippen LogP contribution in [0, 0.1) is 6.92 Å². The number of ether oxygens (including phenoxy) is 1. The van der Waals surface area contributed by atoms with Crippen molar-refractivity contribution in [2.45, 2.75) is 6.92 Å². The molecule has 0 aliphatic heterocycles. The van der Waals surface area contributed by atoms with Crippen molar-refractivity contribution >= 4 is 29.2 Å². The minimum absolute atomic E-state index is 0.294. The summed E-state index contributed by atoms with van der Waals surface area (Å²) in [7, 11) is 0. The second kappa shape index (κ2) is 9.27. The van der Waals surface area contributed by atoms with Gasteiger partial charge in [-0.1, -0.05) is 24.3 Å². The number of para-hydroxylation sites is 1. The summed E-state index contributed by atoms with van der Waals surface area (Å²) in [5.74, 6) is -1.54. The van der Waals surface area contributed by atoms with Crippen LogP contribution in [0.5, 0.6) is 0 Å². The summed E-state index contributed by atoms with van der Waals surface area (Å²) in [4.78, 5) is 40.5. The van der Waals surface area contributed by atoms with E-state index in [0.29, 0.717) is 22.5 Å². The van der Waals surface area contributed by atoms with E-state index in [4.69, 9.17) is 4.74 Å². The van der Waals surface area contributed by atoms with Crippen molar-refractivity contribution in [3.8, 4) is 0 Å². The SMILES string of the molecule is Cc1cccc(NC(=O)c2ccccc2NC(=O)COC(=O)c2ccncc2)c1. The van der Waals surface area contributed by atoms with Gasteiger partial charge in [-0.3, -0.25) is 14.6 Å². The van der Waals surface area contributed by atoms with Gasteiger partial charge in [0.2, 0.25) is 0 Å². The number of carbonyl (C=O) groups excluding carboxylic acids is 3. The largest absolute Gasteiger partial charge is 0.452 e. The van der Waals surface area contributed by atoms with E-state index in [1.807, 2.05) is 25.1 Å². The number of anilines is 2. The summed E-state index contributed by atoms with van der Waals surface area (Å²) in [6.07, 6.45) is 2.92. The summed E-state index contributed by atoms with van der Waals surface area (Å²) < 4.78 is 4.99. The molecule has 0 atom stereocenters. The Bertz CT molecular complexity index is 1030. The molecule has 0 aliphatic carbocycles. The fourth-order valence-electron chi connectivity index (χ4n) is 2.60. The Morgan fingerprint density at radius 1 is 0.931 bits per heavy atom. The van der Waals surface area contributed by atoms with Crippen molar-refractivity contribution in [3.05, 3.63) is 89.7 Å². The first-order valence-electron chi connectivity index (χ1n) is 8.87. The van der Waals surface area contributed by atoms with Gasteiger partial charge in [0.05, 0.1) is 16.8 Å². The summed E-state index contributed by atoms with van der Waals surface area (Å²) in [5.41, 5.74) is 2.58. The summed E-state index contributed by atoms with van der Waals surface area (Å²) in [6, 6.07) is 17.0. The highest BCUT2D eigenvalue weighted by atomic mass is 16.5. The molecule has 146 valence electrons. The molecular formula is C22H19N3O4. The van der Waals surface area contributed by atoms with Gasteiger partial charge in [0.25, 0.3) is 11.8 Å². The Kier molecular flexibility index (Phi) is 6.32. The van der Waals surface area contributed by atoms with E-state index >= 15 is 0 Å². The van der Waals surface area contributed by atoms with Crippen LogP contribution in [0.1, 0.15) is 26.3 Å². The number of aryl methyl sites for hydroxylation is 1. The van der Waals surface area contributed by atoms with Crippen LogP contribution < -0.4 is 10.6 Å². The molecule has 3 aromatic rings. The van der Waals surface area contributed by atoms with Crippen molar-refractivity contribution in [1.29, 1.82) is 0 Å². The molecule has 1 aromatic heterocycles. The van der Waals surface area contributed by atoms with E-state index < -0.39 is 18.5 Å². The second-order valence-electron chi connectivity index (χ2n) is 6.23. The molecule has 0 radical (unpaired) electrons. The smallest absolute Gasteiger partial charge is 0.338 e. The van der Waals surface area contributed by atoms with Gasteiger partial charge < -0.3 is 15.4 Å². The zero-order valence-electron chi connectivity index (χ0n) is 15.7. The Morgan fingerprint density at radius 2 is 1.69 bits per heavy atom. The average molecular weight is 389 g/mol. The van der Waals surface area contributed by atoms with Crippen molar-refractivity contribution < 1.29 is 19.1 Å². The van der Waals surface area contributed by atoms with Gasteiger partial charge in [-0.05, 0) is 48.9 Å². The van der Waals surface area contributed by atoms with Crippen molar-refractivity contribution in [2.75, 3.05) is 17.2 Å². The number of carbonyl (C=O) groups is 3. The van der Waals surface area contributed by atoms with Crippen molar-refractivity contribution in [1.82, 2.24) is 4.98 Å². The van der Waals surface area contributed by atoms with E-state index in [9.17, 15) is 14.4 Å². The number of pyridine rings is 1. The molecule has 7 nitrogen and oxygen atoms in total. The predicted molar refractivity (Wildman–Crippen MR) is 109 cm³/mol. The molecule has 2 amide bonds. The molecule has 0 unspecified atom stereocenters. The Balaban J connectivity index is 1.63. The lowest BCUT2D eigenvalue weighted by atomic mass is 10.1. The fraction of sp³-hybridized carbons (Fsp3) is 0.0909. The van der Waals surface area contributed by atoms with Gasteiger partial charge in [0.1, 0.15) is 0 Å². The van der Waals surface area contributed by atoms with Crippen molar-refractivity contribution in [3.63, 3.8) is 0 Å². The van der Waals surface area contributed by atoms with E-state index in [2.05, 4.69) is 15.6 Å². The lowest BCUT2D eigenvalue weighted by Crippen LogP contribution is -2.23. The number of nitrogens with zero attached hydrogens (tertiary/aromatic N) is 1. The third-order valence-electron chi connectivity index (χ3n) is 3.97. The number of esters is 1. The Labute approximate surface area is 167 Å². The maximum absolute atomic E-state index is 12.6. The van der Waals surface area contributed by atoms with Crippen LogP contribution in [0.4, 0.5) is 11.4 Å². The molecule has 0 saturated heterocycles. The monoisotopic (exact) mass is 389 g/mol. The molecule has 7 heteroatoms. The van der Waals surface area contributed by atoms with Crippen LogP contribution in [-0.4, -0.2) is 29.4 Å². The summed E-state index contributed by atoms with van der Waals surface area (Å²) in [6.45, 7) is 1.45. The van der Waals surface area contributed by atoms with Crippen LogP contribution in [0.2, 0.25) is 0 Å². The van der Waals surface area contributed by atoms with Crippen LogP contribution in [0.25, 0.3) is 0 Å². The van der Waals surface area contributed by atoms with Crippen LogP contribution in [0.15, 0.2) is 73.1 Å². The molecule has 0 saturated carbocycles. The molecule has 0 spiro atoms. The minimum atomic E-state index is -0.631. The molecule has 0 fully saturated rings. The minimum Gasteiger partial charge on any atom is -0.452 e. The highest BCUT2D eigenvalue weighted by Crippen LogP contribution is 2.18. The topological polar surface area (TPSA) is 97.4 Å². The lowest BCUT2D eigenvalue weighted by Gasteiger charge is -2.12. The molecule has 2 aromatic carbocycles. The normalized spacial score (nSPS) is 10.1. The first-order valence-corrected chi connectivity index (χ1v) is 8.87. The molecule has 2 N–H and O–H groups in total. The van der Waals surface area contributed by atoms with Crippen LogP contribution in [-0.2, 0) is 9.53 Å². The quantitative estimate of drug-likeness (QED) is 0.630. The highest BCUT2D eigenvalue weighted by Gasteiger charge is 2.15. The number of hydrogen-bond donors (Lipinski definition) is 2. The molecule has 1 heterocycles. The first-order chi connectivity index (χ1) is 14.0. The van der Waals surface area contributed by atoms with Gasteiger partial charge >= 0.3 is 5.97 Å². The number of amides is 2. The standard InChI is InChI=1S/C22H19N3O4/c1-15-5-4-6-17(13-15)24-21(27)18-7-2-3-8-19(18)25-20(26)14-29-22(28)16-9-11-23-12-10-16/h2-13H,14H2,1H3,(H,24,27)(H,25,26). The third kappa shape index (κ3) is 5.49. The molecule has 0 bridgehead atoms. The molecule has 3 rings (SSSR count). The van der Waals surface area contributed by atoms with E-state index in [1.165, 1.54) is 24.5 Å². The van der Waals surface area contributed by atoms with Gasteiger partial charge in [-0.15, -0.1) is 0 Å². The van der Waals surface area contributed by atoms with Crippen molar-refractivity contribution in [2.24, 2.45) is 0 Å². The van der Waals surface area contributed by atoms with Gasteiger partial charge in [0.15, 0.2) is 6.61 Å². The number of hydrogen-bond acceptors (Lipinski definition) is 5. The second-order valence-corrected chi connectivity index (χ2v) is 6.23. The molecule has 29 heavy (non-hydrogen) atoms. The number of rotatable bonds is 6. The number of aromatic nitrogens is 1. The van der Waals surface area contributed by atoms with E-state index in [0.717, 1.165) is 5.56 Å². The van der Waals surface area contributed by atoms with E-state index in [-0.39, 0.29) is 5.91 Å². The summed E-state index contributed by atoms with van der Waals surface area (Å²) >= 11 is 0. The Hall–Kier alpha value is -4.00. The average Bonchev–Trinajstić information content (AvgIpc) is 2.73.